The molecule has 26 heavy (non-hydrogen) atoms. The SMILES string of the molecule is Cc1ccc(C(=O)Nc2ccc(-c3nc4ccccc4[nH]3)cc2C)cc1. The van der Waals surface area contributed by atoms with Gasteiger partial charge in [-0.25, -0.2) is 4.98 Å². The number of carbonyl (C=O) groups excluding carboxylic acids is 1. The molecule has 0 spiro atoms. The number of carbonyl (C=O) groups is 1. The van der Waals surface area contributed by atoms with Crippen LogP contribution in [0.25, 0.3) is 22.4 Å². The molecule has 1 heterocycles. The number of H-pyrrole nitrogens is 1. The number of fused-ring (bicyclic) bond motifs is 1. The van der Waals surface area contributed by atoms with Gasteiger partial charge in [0.05, 0.1) is 11.0 Å². The van der Waals surface area contributed by atoms with Crippen molar-refractivity contribution in [1.29, 1.82) is 0 Å². The van der Waals surface area contributed by atoms with Crippen LogP contribution in [0.4, 0.5) is 5.69 Å². The number of benzene rings is 3. The van der Waals surface area contributed by atoms with Gasteiger partial charge in [-0.1, -0.05) is 29.8 Å². The van der Waals surface area contributed by atoms with Gasteiger partial charge in [0.2, 0.25) is 0 Å². The lowest BCUT2D eigenvalue weighted by molar-refractivity contribution is 0.102. The van der Waals surface area contributed by atoms with Crippen molar-refractivity contribution in [3.8, 4) is 11.4 Å². The normalized spacial score (nSPS) is 10.8. The molecule has 4 rings (SSSR count). The van der Waals surface area contributed by atoms with Gasteiger partial charge in [0.1, 0.15) is 5.82 Å². The van der Waals surface area contributed by atoms with Crippen molar-refractivity contribution in [2.24, 2.45) is 0 Å². The summed E-state index contributed by atoms with van der Waals surface area (Å²) in [5, 5.41) is 2.98. The number of hydrogen-bond acceptors (Lipinski definition) is 2. The molecule has 0 aliphatic heterocycles. The summed E-state index contributed by atoms with van der Waals surface area (Å²) in [4.78, 5) is 20.4. The van der Waals surface area contributed by atoms with Crippen LogP contribution >= 0.6 is 0 Å². The summed E-state index contributed by atoms with van der Waals surface area (Å²) in [6.45, 7) is 3.99. The van der Waals surface area contributed by atoms with E-state index in [0.29, 0.717) is 5.56 Å². The van der Waals surface area contributed by atoms with Crippen molar-refractivity contribution in [2.75, 3.05) is 5.32 Å². The van der Waals surface area contributed by atoms with E-state index in [2.05, 4.69) is 15.3 Å². The van der Waals surface area contributed by atoms with Crippen molar-refractivity contribution in [3.63, 3.8) is 0 Å². The number of aromatic amines is 1. The number of para-hydroxylation sites is 2. The molecule has 0 radical (unpaired) electrons. The fraction of sp³-hybridized carbons (Fsp3) is 0.0909. The molecule has 128 valence electrons. The number of aromatic nitrogens is 2. The molecule has 0 atom stereocenters. The lowest BCUT2D eigenvalue weighted by Gasteiger charge is -2.10. The summed E-state index contributed by atoms with van der Waals surface area (Å²) < 4.78 is 0. The fourth-order valence-electron chi connectivity index (χ4n) is 2.94. The molecule has 0 unspecified atom stereocenters. The standard InChI is InChI=1S/C22H19N3O/c1-14-7-9-16(10-8-14)22(26)25-18-12-11-17(13-15(18)2)21-23-19-5-3-4-6-20(19)24-21/h3-13H,1-2H3,(H,23,24)(H,25,26). The van der Waals surface area contributed by atoms with E-state index in [4.69, 9.17) is 0 Å². The van der Waals surface area contributed by atoms with Gasteiger partial charge < -0.3 is 10.3 Å². The van der Waals surface area contributed by atoms with Gasteiger partial charge in [-0.15, -0.1) is 0 Å². The lowest BCUT2D eigenvalue weighted by atomic mass is 10.1. The number of rotatable bonds is 3. The average molecular weight is 341 g/mol. The molecule has 0 fully saturated rings. The molecule has 0 bridgehead atoms. The van der Waals surface area contributed by atoms with Crippen LogP contribution in [-0.2, 0) is 0 Å². The molecule has 1 amide bonds. The quantitative estimate of drug-likeness (QED) is 0.545. The van der Waals surface area contributed by atoms with E-state index in [1.165, 1.54) is 0 Å². The minimum absolute atomic E-state index is 0.107. The zero-order valence-corrected chi connectivity index (χ0v) is 14.7. The summed E-state index contributed by atoms with van der Waals surface area (Å²) >= 11 is 0. The van der Waals surface area contributed by atoms with E-state index in [9.17, 15) is 4.79 Å². The number of aryl methyl sites for hydroxylation is 2. The molecule has 0 saturated heterocycles. The predicted molar refractivity (Wildman–Crippen MR) is 105 cm³/mol. The first-order chi connectivity index (χ1) is 12.6. The minimum atomic E-state index is -0.107. The second kappa shape index (κ2) is 6.48. The van der Waals surface area contributed by atoms with E-state index in [1.807, 2.05) is 80.6 Å². The lowest BCUT2D eigenvalue weighted by Crippen LogP contribution is -2.12. The largest absolute Gasteiger partial charge is 0.338 e. The third kappa shape index (κ3) is 3.09. The van der Waals surface area contributed by atoms with Crippen molar-refractivity contribution >= 4 is 22.6 Å². The Hall–Kier alpha value is -3.40. The number of amides is 1. The molecular formula is C22H19N3O. The molecule has 3 aromatic carbocycles. The van der Waals surface area contributed by atoms with Gasteiger partial charge in [-0.3, -0.25) is 4.79 Å². The summed E-state index contributed by atoms with van der Waals surface area (Å²) in [6.07, 6.45) is 0. The Bertz CT molecular complexity index is 1060. The van der Waals surface area contributed by atoms with E-state index < -0.39 is 0 Å². The Labute approximate surface area is 151 Å². The predicted octanol–water partition coefficient (Wildman–Crippen LogP) is 5.10. The second-order valence-electron chi connectivity index (χ2n) is 6.45. The first-order valence-electron chi connectivity index (χ1n) is 8.54. The second-order valence-corrected chi connectivity index (χ2v) is 6.45. The van der Waals surface area contributed by atoms with Gasteiger partial charge in [-0.05, 0) is 61.9 Å². The van der Waals surface area contributed by atoms with Crippen LogP contribution in [0.5, 0.6) is 0 Å². The highest BCUT2D eigenvalue weighted by atomic mass is 16.1. The van der Waals surface area contributed by atoms with Gasteiger partial charge in [0.25, 0.3) is 5.91 Å². The molecule has 4 heteroatoms. The number of anilines is 1. The number of nitrogens with one attached hydrogen (secondary N) is 2. The maximum atomic E-state index is 12.4. The maximum absolute atomic E-state index is 12.4. The molecule has 4 nitrogen and oxygen atoms in total. The maximum Gasteiger partial charge on any atom is 0.255 e. The summed E-state index contributed by atoms with van der Waals surface area (Å²) in [7, 11) is 0. The number of imidazole rings is 1. The summed E-state index contributed by atoms with van der Waals surface area (Å²) in [5.74, 6) is 0.718. The molecule has 4 aromatic rings. The van der Waals surface area contributed by atoms with Crippen molar-refractivity contribution in [3.05, 3.63) is 83.4 Å². The van der Waals surface area contributed by atoms with Crippen LogP contribution in [-0.4, -0.2) is 15.9 Å². The molecular weight excluding hydrogens is 322 g/mol. The van der Waals surface area contributed by atoms with E-state index in [1.54, 1.807) is 0 Å². The molecule has 1 aromatic heterocycles. The first-order valence-corrected chi connectivity index (χ1v) is 8.54. The van der Waals surface area contributed by atoms with Gasteiger partial charge in [-0.2, -0.15) is 0 Å². The van der Waals surface area contributed by atoms with E-state index in [-0.39, 0.29) is 5.91 Å². The third-order valence-corrected chi connectivity index (χ3v) is 4.45. The summed E-state index contributed by atoms with van der Waals surface area (Å²) in [6, 6.07) is 21.4. The molecule has 2 N–H and O–H groups in total. The van der Waals surface area contributed by atoms with Crippen molar-refractivity contribution in [2.45, 2.75) is 13.8 Å². The average Bonchev–Trinajstić information content (AvgIpc) is 3.08. The Morgan fingerprint density at radius 3 is 2.46 bits per heavy atom. The van der Waals surface area contributed by atoms with Crippen LogP contribution in [0, 0.1) is 13.8 Å². The number of hydrogen-bond donors (Lipinski definition) is 2. The van der Waals surface area contributed by atoms with Crippen molar-refractivity contribution in [1.82, 2.24) is 9.97 Å². The first kappa shape index (κ1) is 16.1. The molecule has 0 aliphatic rings. The van der Waals surface area contributed by atoms with Crippen LogP contribution in [0.1, 0.15) is 21.5 Å². The van der Waals surface area contributed by atoms with Crippen LogP contribution in [0.15, 0.2) is 66.7 Å². The third-order valence-electron chi connectivity index (χ3n) is 4.45. The topological polar surface area (TPSA) is 57.8 Å². The van der Waals surface area contributed by atoms with Gasteiger partial charge in [0, 0.05) is 16.8 Å². The van der Waals surface area contributed by atoms with Crippen LogP contribution < -0.4 is 5.32 Å². The zero-order chi connectivity index (χ0) is 18.1. The molecule has 0 saturated carbocycles. The Kier molecular flexibility index (Phi) is 4.01. The highest BCUT2D eigenvalue weighted by Gasteiger charge is 2.10. The highest BCUT2D eigenvalue weighted by molar-refractivity contribution is 6.04. The Morgan fingerprint density at radius 1 is 0.962 bits per heavy atom. The minimum Gasteiger partial charge on any atom is -0.338 e. The molecule has 0 aliphatic carbocycles. The number of nitrogens with zero attached hydrogens (tertiary/aromatic N) is 1. The van der Waals surface area contributed by atoms with Crippen molar-refractivity contribution < 1.29 is 4.79 Å². The van der Waals surface area contributed by atoms with E-state index >= 15 is 0 Å². The van der Waals surface area contributed by atoms with Gasteiger partial charge >= 0.3 is 0 Å². The van der Waals surface area contributed by atoms with Gasteiger partial charge in [0.15, 0.2) is 0 Å². The summed E-state index contributed by atoms with van der Waals surface area (Å²) in [5.41, 5.74) is 6.52. The van der Waals surface area contributed by atoms with E-state index in [0.717, 1.165) is 39.2 Å². The Balaban J connectivity index is 1.59. The Morgan fingerprint density at radius 2 is 1.73 bits per heavy atom. The monoisotopic (exact) mass is 341 g/mol. The smallest absolute Gasteiger partial charge is 0.255 e. The van der Waals surface area contributed by atoms with Crippen LogP contribution in [0.2, 0.25) is 0 Å². The highest BCUT2D eigenvalue weighted by Crippen LogP contribution is 2.25. The zero-order valence-electron chi connectivity index (χ0n) is 14.7. The van der Waals surface area contributed by atoms with Crippen LogP contribution in [0.3, 0.4) is 0 Å². The fourth-order valence-corrected chi connectivity index (χ4v) is 2.94.